The van der Waals surface area contributed by atoms with E-state index in [4.69, 9.17) is 0 Å². The average molecular weight is 194 g/mol. The largest absolute Gasteiger partial charge is 0.0951 e. The van der Waals surface area contributed by atoms with Crippen LogP contribution in [0.2, 0.25) is 0 Å². The Bertz CT molecular complexity index is 69.9. The lowest BCUT2D eigenvalue weighted by molar-refractivity contribution is 1.57. The van der Waals surface area contributed by atoms with Gasteiger partial charge < -0.3 is 0 Å². The van der Waals surface area contributed by atoms with E-state index in [1.807, 2.05) is 6.92 Å². The fourth-order valence-corrected chi connectivity index (χ4v) is 0. The van der Waals surface area contributed by atoms with Gasteiger partial charge in [-0.05, 0) is 35.1 Å². The summed E-state index contributed by atoms with van der Waals surface area (Å²) in [5.41, 5.74) is 1.05. The van der Waals surface area contributed by atoms with Crippen molar-refractivity contribution in [1.82, 2.24) is 0 Å². The fourth-order valence-electron chi connectivity index (χ4n) is 0. The van der Waals surface area contributed by atoms with Crippen LogP contribution in [0.25, 0.3) is 0 Å². The molecule has 0 spiro atoms. The molecule has 0 bridgehead atoms. The predicted octanol–water partition coefficient (Wildman–Crippen LogP) is 2.51. The van der Waals surface area contributed by atoms with Crippen LogP contribution in [0.5, 0.6) is 0 Å². The highest BCUT2D eigenvalue weighted by Gasteiger charge is 1.79. The quantitative estimate of drug-likeness (QED) is 0.444. The number of hydrogen-bond acceptors (Lipinski definition) is 0. The van der Waals surface area contributed by atoms with E-state index >= 15 is 0 Å². The van der Waals surface area contributed by atoms with Crippen molar-refractivity contribution in [2.24, 2.45) is 0 Å². The van der Waals surface area contributed by atoms with Crippen molar-refractivity contribution in [3.63, 3.8) is 0 Å². The number of allylic oxidation sites excluding steroid dienone is 2. The Morgan fingerprint density at radius 2 is 1.67 bits per heavy atom. The molecule has 6 heavy (non-hydrogen) atoms. The third-order valence-corrected chi connectivity index (χ3v) is 1.38. The van der Waals surface area contributed by atoms with Crippen LogP contribution < -0.4 is 0 Å². The number of hydrogen-bond donors (Lipinski definition) is 0. The van der Waals surface area contributed by atoms with Crippen molar-refractivity contribution in [2.45, 2.75) is 6.92 Å². The first-order chi connectivity index (χ1) is 2.64. The third-order valence-electron chi connectivity index (χ3n) is 0.463. The Hall–Kier alpha value is 0.210. The molecule has 0 amide bonds. The Morgan fingerprint density at radius 3 is 1.67 bits per heavy atom. The molecular weight excluding hydrogens is 187 g/mol. The molecule has 34 valence electrons. The molecule has 0 fully saturated rings. The van der Waals surface area contributed by atoms with Gasteiger partial charge in [-0.1, -0.05) is 13.2 Å². The van der Waals surface area contributed by atoms with E-state index in [0.717, 1.165) is 9.15 Å². The molecule has 0 heterocycles. The molecule has 0 aliphatic rings. The lowest BCUT2D eigenvalue weighted by atomic mass is 10.4. The van der Waals surface area contributed by atoms with Gasteiger partial charge in [-0.2, -0.15) is 0 Å². The van der Waals surface area contributed by atoms with E-state index in [-0.39, 0.29) is 0 Å². The van der Waals surface area contributed by atoms with Gasteiger partial charge in [-0.3, -0.25) is 0 Å². The predicted molar refractivity (Wildman–Crippen MR) is 38.0 cm³/mol. The second-order valence-electron chi connectivity index (χ2n) is 1.19. The molecule has 0 aromatic rings. The number of rotatable bonds is 1. The van der Waals surface area contributed by atoms with Crippen LogP contribution in [0.15, 0.2) is 22.3 Å². The zero-order chi connectivity index (χ0) is 5.15. The highest BCUT2D eigenvalue weighted by atomic mass is 127. The summed E-state index contributed by atoms with van der Waals surface area (Å²) >= 11 is 2.14. The maximum absolute atomic E-state index is 3.65. The van der Waals surface area contributed by atoms with Crippen LogP contribution in [-0.4, -0.2) is 0 Å². The second-order valence-corrected chi connectivity index (χ2v) is 2.49. The van der Waals surface area contributed by atoms with Gasteiger partial charge in [0.25, 0.3) is 0 Å². The maximum atomic E-state index is 3.65. The molecule has 0 aliphatic heterocycles. The van der Waals surface area contributed by atoms with Gasteiger partial charge >= 0.3 is 0 Å². The molecule has 0 aromatic heterocycles. The van der Waals surface area contributed by atoms with E-state index in [2.05, 4.69) is 35.7 Å². The lowest BCUT2D eigenvalue weighted by Gasteiger charge is -1.85. The molecule has 0 N–H and O–H groups in total. The van der Waals surface area contributed by atoms with E-state index < -0.39 is 0 Å². The van der Waals surface area contributed by atoms with Crippen molar-refractivity contribution in [3.8, 4) is 0 Å². The van der Waals surface area contributed by atoms with Gasteiger partial charge in [0.05, 0.1) is 0 Å². The van der Waals surface area contributed by atoms with E-state index in [9.17, 15) is 0 Å². The first-order valence-electron chi connectivity index (χ1n) is 1.65. The first kappa shape index (κ1) is 6.21. The molecule has 0 aliphatic carbocycles. The summed E-state index contributed by atoms with van der Waals surface area (Å²) < 4.78 is 1.03. The van der Waals surface area contributed by atoms with Crippen molar-refractivity contribution < 1.29 is 0 Å². The molecule has 0 radical (unpaired) electrons. The van der Waals surface area contributed by atoms with Crippen molar-refractivity contribution in [3.05, 3.63) is 22.3 Å². The van der Waals surface area contributed by atoms with Crippen LogP contribution in [0.3, 0.4) is 0 Å². The molecule has 0 rings (SSSR count). The molecule has 0 unspecified atom stereocenters. The minimum Gasteiger partial charge on any atom is -0.0951 e. The molecule has 0 aromatic carbocycles. The molecule has 1 heteroatoms. The minimum absolute atomic E-state index is 1.03. The first-order valence-corrected chi connectivity index (χ1v) is 2.72. The monoisotopic (exact) mass is 194 g/mol. The van der Waals surface area contributed by atoms with Crippen LogP contribution >= 0.6 is 22.6 Å². The lowest BCUT2D eigenvalue weighted by Crippen LogP contribution is -1.61. The van der Waals surface area contributed by atoms with Crippen molar-refractivity contribution in [1.29, 1.82) is 0 Å². The average Bonchev–Trinajstić information content (AvgIpc) is 1.36. The Balaban J connectivity index is 3.57. The summed E-state index contributed by atoms with van der Waals surface area (Å²) in [7, 11) is 0. The van der Waals surface area contributed by atoms with Crippen molar-refractivity contribution >= 4 is 22.6 Å². The summed E-state index contributed by atoms with van der Waals surface area (Å²) in [6.07, 6.45) is 0. The smallest absolute Gasteiger partial charge is 0.00813 e. The third kappa shape index (κ3) is 2.45. The summed E-state index contributed by atoms with van der Waals surface area (Å²) in [5, 5.41) is 0. The summed E-state index contributed by atoms with van der Waals surface area (Å²) in [6.45, 7) is 9.23. The molecule has 0 atom stereocenters. The molecule has 0 nitrogen and oxygen atoms in total. The van der Waals surface area contributed by atoms with Crippen molar-refractivity contribution in [2.75, 3.05) is 0 Å². The SMILES string of the molecule is C=C(C)C(=C)I. The molecular formula is C5H7I. The van der Waals surface area contributed by atoms with Gasteiger partial charge in [0.1, 0.15) is 0 Å². The fraction of sp³-hybridized carbons (Fsp3) is 0.200. The van der Waals surface area contributed by atoms with Gasteiger partial charge in [-0.25, -0.2) is 0 Å². The minimum atomic E-state index is 1.03. The van der Waals surface area contributed by atoms with Crippen LogP contribution in [0, 0.1) is 0 Å². The molecule has 0 saturated carbocycles. The van der Waals surface area contributed by atoms with E-state index in [1.165, 1.54) is 0 Å². The van der Waals surface area contributed by atoms with E-state index in [1.54, 1.807) is 0 Å². The Labute approximate surface area is 52.1 Å². The summed E-state index contributed by atoms with van der Waals surface area (Å²) in [6, 6.07) is 0. The van der Waals surface area contributed by atoms with Gasteiger partial charge in [0, 0.05) is 3.58 Å². The highest BCUT2D eigenvalue weighted by molar-refractivity contribution is 14.1. The topological polar surface area (TPSA) is 0 Å². The van der Waals surface area contributed by atoms with Gasteiger partial charge in [-0.15, -0.1) is 0 Å². The van der Waals surface area contributed by atoms with Crippen LogP contribution in [0.4, 0.5) is 0 Å². The Morgan fingerprint density at radius 1 is 1.50 bits per heavy atom. The van der Waals surface area contributed by atoms with Crippen LogP contribution in [-0.2, 0) is 0 Å². The second kappa shape index (κ2) is 2.39. The summed E-state index contributed by atoms with van der Waals surface area (Å²) in [4.78, 5) is 0. The highest BCUT2D eigenvalue weighted by Crippen LogP contribution is 2.10. The van der Waals surface area contributed by atoms with E-state index in [0.29, 0.717) is 0 Å². The summed E-state index contributed by atoms with van der Waals surface area (Å²) in [5.74, 6) is 0. The zero-order valence-electron chi connectivity index (χ0n) is 3.79. The Kier molecular flexibility index (Phi) is 2.48. The van der Waals surface area contributed by atoms with Gasteiger partial charge in [0.2, 0.25) is 0 Å². The zero-order valence-corrected chi connectivity index (χ0v) is 5.95. The van der Waals surface area contributed by atoms with Gasteiger partial charge in [0.15, 0.2) is 0 Å². The van der Waals surface area contributed by atoms with Crippen LogP contribution in [0.1, 0.15) is 6.92 Å². The normalized spacial score (nSPS) is 7.67. The maximum Gasteiger partial charge on any atom is 0.00813 e. The number of halogens is 1. The standard InChI is InChI=1S/C5H7I/c1-4(2)5(3)6/h1,3H2,2H3. The molecule has 0 saturated heterocycles.